The Morgan fingerprint density at radius 3 is 2.85 bits per heavy atom. The normalized spacial score (nSPS) is 25.1. The third-order valence-electron chi connectivity index (χ3n) is 5.21. The third-order valence-corrected chi connectivity index (χ3v) is 8.57. The fourth-order valence-corrected chi connectivity index (χ4v) is 6.89. The summed E-state index contributed by atoms with van der Waals surface area (Å²) in [5, 5.41) is 27.6. The van der Waals surface area contributed by atoms with Crippen molar-refractivity contribution in [1.82, 2.24) is 15.2 Å². The van der Waals surface area contributed by atoms with Crippen molar-refractivity contribution in [3.63, 3.8) is 0 Å². The molecule has 2 fully saturated rings. The van der Waals surface area contributed by atoms with Crippen LogP contribution in [0, 0.1) is 0 Å². The van der Waals surface area contributed by atoms with Crippen LogP contribution in [0.5, 0.6) is 0 Å². The minimum atomic E-state index is -1.43. The fraction of sp³-hybridized carbons (Fsp3) is 0.500. The van der Waals surface area contributed by atoms with E-state index in [1.54, 1.807) is 0 Å². The van der Waals surface area contributed by atoms with Crippen molar-refractivity contribution in [3.05, 3.63) is 21.7 Å². The third kappa shape index (κ3) is 5.52. The molecule has 0 aliphatic carbocycles. The fourth-order valence-electron chi connectivity index (χ4n) is 3.64. The first-order valence-electron chi connectivity index (χ1n) is 9.78. The monoisotopic (exact) mass is 521 g/mol. The zero-order chi connectivity index (χ0) is 22.8. The summed E-state index contributed by atoms with van der Waals surface area (Å²) in [6.45, 7) is 0.701. The van der Waals surface area contributed by atoms with Crippen LogP contribution >= 0.6 is 34.9 Å². The molecule has 172 valence electrons. The van der Waals surface area contributed by atoms with Gasteiger partial charge in [0.2, 0.25) is 0 Å². The molecule has 2 amide bonds. The number of carbonyl (C=O) groups is 3. The number of carbonyl (C=O) groups excluding carboxylic acids is 3. The zero-order valence-corrected chi connectivity index (χ0v) is 22.1. The van der Waals surface area contributed by atoms with E-state index in [9.17, 15) is 24.7 Å². The van der Waals surface area contributed by atoms with Crippen LogP contribution in [-0.2, 0) is 19.1 Å². The number of thiazole rings is 1. The van der Waals surface area contributed by atoms with E-state index in [1.807, 2.05) is 0 Å². The molecular weight excluding hydrogens is 501 g/mol. The molecule has 3 aliphatic rings. The molecule has 0 spiro atoms. The van der Waals surface area contributed by atoms with Gasteiger partial charge in [0, 0.05) is 28.4 Å². The van der Waals surface area contributed by atoms with Crippen LogP contribution < -0.4 is 45.7 Å². The van der Waals surface area contributed by atoms with E-state index in [0.29, 0.717) is 23.0 Å². The van der Waals surface area contributed by atoms with Gasteiger partial charge < -0.3 is 30.9 Å². The molecule has 0 bridgehead atoms. The van der Waals surface area contributed by atoms with E-state index in [-0.39, 0.29) is 57.9 Å². The maximum atomic E-state index is 12.8. The molecule has 0 radical (unpaired) electrons. The number of nitrogen functional groups attached to an aromatic ring is 1. The predicted molar refractivity (Wildman–Crippen MR) is 118 cm³/mol. The molecule has 3 aliphatic heterocycles. The quantitative estimate of drug-likeness (QED) is 0.108. The minimum Gasteiger partial charge on any atom is -0.543 e. The number of carboxylic acids is 1. The summed E-state index contributed by atoms with van der Waals surface area (Å²) in [5.41, 5.74) is 5.08. The van der Waals surface area contributed by atoms with Crippen molar-refractivity contribution in [2.24, 2.45) is 5.16 Å². The van der Waals surface area contributed by atoms with E-state index in [0.717, 1.165) is 35.5 Å². The van der Waals surface area contributed by atoms with Gasteiger partial charge in [0.25, 0.3) is 11.8 Å². The number of hydrogen-bond donors (Lipinski definition) is 3. The Hall–Kier alpha value is -1.29. The number of β-lactam (4-membered cyclic amide) rings is 1. The number of nitrogens with two attached hydrogens (primary N) is 1. The van der Waals surface area contributed by atoms with Crippen LogP contribution in [0.15, 0.2) is 21.1 Å². The molecular formula is C18H20N5NaO6S3. The zero-order valence-electron chi connectivity index (χ0n) is 17.7. The van der Waals surface area contributed by atoms with Crippen LogP contribution in [0.25, 0.3) is 0 Å². The molecule has 4 N–H and O–H groups in total. The number of nitrogens with zero attached hydrogens (tertiary/aromatic N) is 3. The number of thioether (sulfide) groups is 2. The van der Waals surface area contributed by atoms with E-state index >= 15 is 0 Å². The Labute approximate surface area is 223 Å². The predicted octanol–water partition coefficient (Wildman–Crippen LogP) is -3.43. The van der Waals surface area contributed by atoms with E-state index in [4.69, 9.17) is 10.5 Å². The van der Waals surface area contributed by atoms with Gasteiger partial charge >= 0.3 is 29.6 Å². The summed E-state index contributed by atoms with van der Waals surface area (Å²) in [4.78, 5) is 42.7. The number of aromatic nitrogens is 1. The number of aliphatic carboxylic acids is 1. The Balaban J connectivity index is 0.00000306. The molecule has 15 heteroatoms. The second-order valence-corrected chi connectivity index (χ2v) is 10.3. The van der Waals surface area contributed by atoms with Gasteiger partial charge in [0.05, 0.1) is 17.8 Å². The molecule has 2 unspecified atom stereocenters. The second kappa shape index (κ2) is 11.4. The molecule has 1 aromatic heterocycles. The van der Waals surface area contributed by atoms with Gasteiger partial charge in [-0.05, 0) is 19.3 Å². The number of nitrogens with one attached hydrogen (secondary N) is 1. The SMILES string of the molecule is Nc1nc(/C(=N/O)C(=O)NC2C(=O)N3C(C(=O)[O-])=C(SCC4CCCCO4)CS[C@@H]23)cs1.[Na+]. The molecule has 11 nitrogen and oxygen atoms in total. The molecule has 1 aromatic rings. The second-order valence-electron chi connectivity index (χ2n) is 7.24. The number of amides is 2. The number of oxime groups is 1. The summed E-state index contributed by atoms with van der Waals surface area (Å²) < 4.78 is 5.69. The summed E-state index contributed by atoms with van der Waals surface area (Å²) >= 11 is 3.78. The van der Waals surface area contributed by atoms with Crippen molar-refractivity contribution in [2.75, 3.05) is 23.8 Å². The molecule has 0 saturated carbocycles. The van der Waals surface area contributed by atoms with Crippen LogP contribution in [0.3, 0.4) is 0 Å². The number of hydrogen-bond acceptors (Lipinski definition) is 12. The van der Waals surface area contributed by atoms with Crippen molar-refractivity contribution in [2.45, 2.75) is 36.8 Å². The average Bonchev–Trinajstić information content (AvgIpc) is 3.22. The Morgan fingerprint density at radius 1 is 1.45 bits per heavy atom. The maximum absolute atomic E-state index is 12.8. The van der Waals surface area contributed by atoms with Crippen LogP contribution in [0.4, 0.5) is 5.13 Å². The molecule has 2 saturated heterocycles. The summed E-state index contributed by atoms with van der Waals surface area (Å²) in [7, 11) is 0. The Kier molecular flexibility index (Phi) is 9.11. The van der Waals surface area contributed by atoms with Crippen molar-refractivity contribution in [1.29, 1.82) is 0 Å². The number of rotatable bonds is 7. The van der Waals surface area contributed by atoms with E-state index in [2.05, 4.69) is 15.5 Å². The molecule has 4 heterocycles. The number of carboxylic acid groups (broad SMARTS) is 1. The van der Waals surface area contributed by atoms with Gasteiger partial charge in [-0.3, -0.25) is 14.5 Å². The van der Waals surface area contributed by atoms with E-state index in [1.165, 1.54) is 28.9 Å². The molecule has 3 atom stereocenters. The first kappa shape index (κ1) is 26.3. The van der Waals surface area contributed by atoms with Crippen molar-refractivity contribution >= 4 is 63.5 Å². The van der Waals surface area contributed by atoms with Crippen molar-refractivity contribution in [3.8, 4) is 0 Å². The molecule has 33 heavy (non-hydrogen) atoms. The van der Waals surface area contributed by atoms with Gasteiger partial charge in [-0.1, -0.05) is 5.16 Å². The topological polar surface area (TPSA) is 170 Å². The first-order chi connectivity index (χ1) is 15.4. The van der Waals surface area contributed by atoms with Crippen LogP contribution in [0.1, 0.15) is 25.0 Å². The van der Waals surface area contributed by atoms with Gasteiger partial charge in [0.15, 0.2) is 10.8 Å². The summed E-state index contributed by atoms with van der Waals surface area (Å²) in [5.74, 6) is -1.85. The van der Waals surface area contributed by atoms with Gasteiger partial charge in [-0.25, -0.2) is 4.98 Å². The number of anilines is 1. The maximum Gasteiger partial charge on any atom is 1.00 e. The van der Waals surface area contributed by atoms with E-state index < -0.39 is 29.2 Å². The standard InChI is InChI=1S/C18H21N5O6S3.Na/c19-18-20-9(6-32-18)11(22-28)14(24)21-12-15(25)23-13(17(26)27)10(7-31-16(12)23)30-5-8-3-1-2-4-29-8;/h6,8,12,16,28H,1-5,7H2,(H2,19,20)(H,21,24)(H,26,27);/q;+1/p-1/b22-11-;/t8?,12?,16-;/m0./s1. The van der Waals surface area contributed by atoms with Gasteiger partial charge in [-0.15, -0.1) is 34.9 Å². The number of fused-ring (bicyclic) bond motifs is 1. The first-order valence-corrected chi connectivity index (χ1v) is 12.7. The Morgan fingerprint density at radius 2 is 2.24 bits per heavy atom. The largest absolute Gasteiger partial charge is 1.00 e. The minimum absolute atomic E-state index is 0. The van der Waals surface area contributed by atoms with Crippen LogP contribution in [-0.4, -0.2) is 74.2 Å². The van der Waals surface area contributed by atoms with Gasteiger partial charge in [-0.2, -0.15) is 0 Å². The molecule has 4 rings (SSSR count). The summed E-state index contributed by atoms with van der Waals surface area (Å²) in [6.07, 6.45) is 3.08. The summed E-state index contributed by atoms with van der Waals surface area (Å²) in [6, 6.07) is -0.970. The smallest absolute Gasteiger partial charge is 0.543 e. The average molecular weight is 522 g/mol. The molecule has 0 aromatic carbocycles. The van der Waals surface area contributed by atoms with Crippen molar-refractivity contribution < 1.29 is 59.0 Å². The number of ether oxygens (including phenoxy) is 1. The Bertz CT molecular complexity index is 996. The van der Waals surface area contributed by atoms with Gasteiger partial charge in [0.1, 0.15) is 17.1 Å². The van der Waals surface area contributed by atoms with Crippen LogP contribution in [0.2, 0.25) is 0 Å².